The molecular weight excluding hydrogens is 307 g/mol. The van der Waals surface area contributed by atoms with E-state index < -0.39 is 13.1 Å². The molecule has 0 amide bonds. The van der Waals surface area contributed by atoms with Gasteiger partial charge in [-0.1, -0.05) is 62.3 Å². The third kappa shape index (κ3) is 2.91. The van der Waals surface area contributed by atoms with Gasteiger partial charge in [0.25, 0.3) is 0 Å². The number of halogens is 3. The predicted octanol–water partition coefficient (Wildman–Crippen LogP) is 6.57. The Morgan fingerprint density at radius 3 is 0.706 bits per heavy atom. The van der Waals surface area contributed by atoms with Crippen LogP contribution in [0.3, 0.4) is 0 Å². The number of hydrogen-bond donors (Lipinski definition) is 0. The van der Waals surface area contributed by atoms with Gasteiger partial charge in [0, 0.05) is 0 Å². The highest BCUT2D eigenvalue weighted by atomic mass is 35.8. The van der Waals surface area contributed by atoms with Crippen LogP contribution in [-0.2, 0) is 0 Å². The van der Waals surface area contributed by atoms with Crippen molar-refractivity contribution in [2.45, 2.75) is 77.4 Å². The summed E-state index contributed by atoms with van der Waals surface area (Å²) in [5.74, 6) is 0. The average molecular weight is 334 g/mol. The second kappa shape index (κ2) is 4.69. The summed E-state index contributed by atoms with van der Waals surface area (Å²) >= 11 is 19.9. The van der Waals surface area contributed by atoms with Crippen LogP contribution in [0.15, 0.2) is 0 Å². The Morgan fingerprint density at radius 1 is 0.529 bits per heavy atom. The third-order valence-electron chi connectivity index (χ3n) is 3.80. The van der Waals surface area contributed by atoms with Gasteiger partial charge in [0.15, 0.2) is 0 Å². The lowest BCUT2D eigenvalue weighted by molar-refractivity contribution is 0.555. The molecule has 0 aliphatic carbocycles. The van der Waals surface area contributed by atoms with Gasteiger partial charge in [0.05, 0.1) is 0 Å². The maximum Gasteiger partial charge on any atom is 0.326 e. The Morgan fingerprint density at radius 2 is 0.706 bits per heavy atom. The van der Waals surface area contributed by atoms with E-state index >= 15 is 0 Å². The molecule has 0 saturated carbocycles. The molecule has 0 fully saturated rings. The Balaban J connectivity index is 6.37. The summed E-state index contributed by atoms with van der Waals surface area (Å²) in [6, 6.07) is 0. The predicted molar refractivity (Wildman–Crippen MR) is 88.2 cm³/mol. The highest BCUT2D eigenvalue weighted by molar-refractivity contribution is 7.90. The molecule has 0 bridgehead atoms. The summed E-state index contributed by atoms with van der Waals surface area (Å²) in [6.45, 7) is 20.3. The highest BCUT2D eigenvalue weighted by Crippen LogP contribution is 2.67. The van der Waals surface area contributed by atoms with Crippen molar-refractivity contribution in [3.63, 3.8) is 0 Å². The second-order valence-electron chi connectivity index (χ2n) is 8.00. The second-order valence-corrected chi connectivity index (χ2v) is 29.2. The topological polar surface area (TPSA) is 0 Å². The fraction of sp³-hybridized carbons (Fsp3) is 1.00. The molecule has 0 rings (SSSR count). The van der Waals surface area contributed by atoms with Gasteiger partial charge >= 0.3 is 5.52 Å². The Bertz CT molecular complexity index is 213. The Labute approximate surface area is 123 Å². The van der Waals surface area contributed by atoms with Crippen molar-refractivity contribution in [2.24, 2.45) is 0 Å². The van der Waals surface area contributed by atoms with Crippen molar-refractivity contribution >= 4 is 46.3 Å². The normalized spacial score (nSPS) is 16.2. The average Bonchev–Trinajstić information content (AvgIpc) is 1.67. The van der Waals surface area contributed by atoms with Crippen LogP contribution >= 0.6 is 33.2 Å². The van der Waals surface area contributed by atoms with Crippen molar-refractivity contribution in [1.82, 2.24) is 0 Å². The molecule has 0 spiro atoms. The van der Waals surface area contributed by atoms with Gasteiger partial charge in [-0.2, -0.15) is 0 Å². The van der Waals surface area contributed by atoms with Gasteiger partial charge in [-0.25, -0.2) is 0 Å². The molecule has 0 unspecified atom stereocenters. The summed E-state index contributed by atoms with van der Waals surface area (Å²) in [5, 5.41) is 0.211. The summed E-state index contributed by atoms with van der Waals surface area (Å²) in [4.78, 5) is 0. The van der Waals surface area contributed by atoms with E-state index in [0.717, 1.165) is 0 Å². The highest BCUT2D eigenvalue weighted by Gasteiger charge is 2.71. The zero-order valence-electron chi connectivity index (χ0n) is 12.6. The lowest BCUT2D eigenvalue weighted by Gasteiger charge is -2.61. The summed E-state index contributed by atoms with van der Waals surface area (Å²) in [6.07, 6.45) is 0. The molecule has 0 nitrogen and oxygen atoms in total. The van der Waals surface area contributed by atoms with Gasteiger partial charge in [-0.15, -0.1) is 33.2 Å². The van der Waals surface area contributed by atoms with E-state index in [4.69, 9.17) is 33.2 Å². The van der Waals surface area contributed by atoms with Crippen LogP contribution in [0.5, 0.6) is 0 Å². The van der Waals surface area contributed by atoms with Crippen molar-refractivity contribution in [1.29, 1.82) is 0 Å². The first kappa shape index (κ1) is 18.3. The van der Waals surface area contributed by atoms with E-state index in [1.54, 1.807) is 0 Å². The zero-order chi connectivity index (χ0) is 14.5. The van der Waals surface area contributed by atoms with E-state index in [0.29, 0.717) is 0 Å². The Hall–Kier alpha value is 1.30. The van der Waals surface area contributed by atoms with E-state index in [9.17, 15) is 0 Å². The standard InChI is InChI=1S/C12H27Cl3Si2/c1-10(2,3)16(11(4,5)6,12(7,8)9)17(13,14)15/h1-9H3. The van der Waals surface area contributed by atoms with E-state index in [1.165, 1.54) is 0 Å². The minimum Gasteiger partial charge on any atom is -0.130 e. The fourth-order valence-corrected chi connectivity index (χ4v) is 44.6. The molecular formula is C12H27Cl3Si2. The third-order valence-corrected chi connectivity index (χ3v) is 28.4. The molecule has 5 heteroatoms. The van der Waals surface area contributed by atoms with Crippen LogP contribution in [0, 0.1) is 0 Å². The van der Waals surface area contributed by atoms with Crippen LogP contribution in [0.1, 0.15) is 62.3 Å². The largest absolute Gasteiger partial charge is 0.326 e. The molecule has 0 saturated heterocycles. The fourth-order valence-electron chi connectivity index (χ4n) is 4.65. The summed E-state index contributed by atoms with van der Waals surface area (Å²) in [7, 11) is -2.17. The maximum atomic E-state index is 6.64. The molecule has 104 valence electrons. The van der Waals surface area contributed by atoms with Crippen LogP contribution in [-0.4, -0.2) is 13.1 Å². The molecule has 0 atom stereocenters. The molecule has 0 aliphatic heterocycles. The molecule has 0 heterocycles. The minimum absolute atomic E-state index is 0.0704. The first-order chi connectivity index (χ1) is 7.00. The van der Waals surface area contributed by atoms with Crippen molar-refractivity contribution < 1.29 is 0 Å². The van der Waals surface area contributed by atoms with Gasteiger partial charge in [-0.3, -0.25) is 0 Å². The monoisotopic (exact) mass is 332 g/mol. The molecule has 0 aromatic rings. The van der Waals surface area contributed by atoms with Gasteiger partial charge in [0.1, 0.15) is 7.59 Å². The first-order valence-corrected chi connectivity index (χ1v) is 14.1. The lowest BCUT2D eigenvalue weighted by Crippen LogP contribution is -2.69. The smallest absolute Gasteiger partial charge is 0.130 e. The van der Waals surface area contributed by atoms with Crippen LogP contribution < -0.4 is 0 Å². The minimum atomic E-state index is -2.79. The molecule has 0 aromatic heterocycles. The van der Waals surface area contributed by atoms with Gasteiger partial charge in [-0.05, 0) is 15.1 Å². The summed E-state index contributed by atoms with van der Waals surface area (Å²) in [5.41, 5.74) is -2.79. The van der Waals surface area contributed by atoms with Crippen LogP contribution in [0.4, 0.5) is 0 Å². The van der Waals surface area contributed by atoms with E-state index in [-0.39, 0.29) is 15.1 Å². The first-order valence-electron chi connectivity index (χ1n) is 6.07. The van der Waals surface area contributed by atoms with Crippen LogP contribution in [0.25, 0.3) is 0 Å². The van der Waals surface area contributed by atoms with Crippen molar-refractivity contribution in [3.8, 4) is 0 Å². The quantitative estimate of drug-likeness (QED) is 0.376. The van der Waals surface area contributed by atoms with E-state index in [2.05, 4.69) is 62.3 Å². The molecule has 0 aliphatic rings. The SMILES string of the molecule is CC(C)(C)[Si](C(C)(C)C)(C(C)(C)C)[Si](Cl)(Cl)Cl. The maximum absolute atomic E-state index is 6.64. The van der Waals surface area contributed by atoms with Crippen LogP contribution in [0.2, 0.25) is 15.1 Å². The number of rotatable bonds is 1. The lowest BCUT2D eigenvalue weighted by atomic mass is 10.2. The molecule has 17 heavy (non-hydrogen) atoms. The van der Waals surface area contributed by atoms with Gasteiger partial charge < -0.3 is 0 Å². The van der Waals surface area contributed by atoms with Gasteiger partial charge in [0.2, 0.25) is 0 Å². The number of hydrogen-bond acceptors (Lipinski definition) is 0. The molecule has 0 aromatic carbocycles. The molecule has 0 N–H and O–H groups in total. The summed E-state index contributed by atoms with van der Waals surface area (Å²) < 4.78 is 0. The van der Waals surface area contributed by atoms with Crippen molar-refractivity contribution in [3.05, 3.63) is 0 Å². The van der Waals surface area contributed by atoms with Crippen molar-refractivity contribution in [2.75, 3.05) is 0 Å². The van der Waals surface area contributed by atoms with E-state index in [1.807, 2.05) is 0 Å². The molecule has 0 radical (unpaired) electrons. The zero-order valence-corrected chi connectivity index (χ0v) is 16.9. The Kier molecular flexibility index (Phi) is 5.05.